The second kappa shape index (κ2) is 7.44. The molecule has 2 aromatic rings. The molecular weight excluding hydrogens is 362 g/mol. The number of amides is 1. The number of carbonyl (C=O) groups is 4. The van der Waals surface area contributed by atoms with Crippen molar-refractivity contribution in [3.05, 3.63) is 52.6 Å². The van der Waals surface area contributed by atoms with Crippen molar-refractivity contribution in [1.29, 1.82) is 0 Å². The zero-order valence-electron chi connectivity index (χ0n) is 13.5. The molecule has 140 valence electrons. The maximum atomic E-state index is 12.4. The molecule has 6 N–H and O–H groups in total. The number of hydrogen-bond donors (Lipinski definition) is 6. The predicted molar refractivity (Wildman–Crippen MR) is 89.4 cm³/mol. The molecule has 1 amide bonds. The number of aliphatic carboxylic acids is 1. The van der Waals surface area contributed by atoms with Crippen LogP contribution < -0.4 is 5.32 Å². The van der Waals surface area contributed by atoms with Crippen LogP contribution in [0.2, 0.25) is 0 Å². The van der Waals surface area contributed by atoms with Gasteiger partial charge in [0, 0.05) is 11.3 Å². The highest BCUT2D eigenvalue weighted by molar-refractivity contribution is 6.08. The maximum Gasteiger partial charge on any atom is 0.335 e. The molecule has 10 nitrogen and oxygen atoms in total. The van der Waals surface area contributed by atoms with Crippen molar-refractivity contribution in [1.82, 2.24) is 0 Å². The highest BCUT2D eigenvalue weighted by Gasteiger charge is 2.19. The van der Waals surface area contributed by atoms with Crippen LogP contribution in [0.1, 0.15) is 36.6 Å². The molecule has 0 fully saturated rings. The van der Waals surface area contributed by atoms with Gasteiger partial charge >= 0.3 is 17.9 Å². The smallest absolute Gasteiger partial charge is 0.335 e. The Hall–Kier alpha value is -4.08. The Morgan fingerprint density at radius 2 is 1.37 bits per heavy atom. The molecule has 0 saturated carbocycles. The molecule has 0 heterocycles. The van der Waals surface area contributed by atoms with Crippen LogP contribution in [0.5, 0.6) is 11.5 Å². The third kappa shape index (κ3) is 4.51. The summed E-state index contributed by atoms with van der Waals surface area (Å²) in [5.41, 5.74) is -1.64. The van der Waals surface area contributed by atoms with Gasteiger partial charge in [-0.05, 0) is 30.3 Å². The van der Waals surface area contributed by atoms with Gasteiger partial charge in [0.25, 0.3) is 5.91 Å². The lowest BCUT2D eigenvalue weighted by Crippen LogP contribution is -2.15. The summed E-state index contributed by atoms with van der Waals surface area (Å²) in [6, 6.07) is 4.77. The monoisotopic (exact) mass is 375 g/mol. The van der Waals surface area contributed by atoms with Gasteiger partial charge in [0.05, 0.1) is 23.1 Å². The van der Waals surface area contributed by atoms with E-state index in [1.165, 1.54) is 0 Å². The minimum atomic E-state index is -1.42. The Morgan fingerprint density at radius 3 is 1.85 bits per heavy atom. The number of aromatic carboxylic acids is 2. The summed E-state index contributed by atoms with van der Waals surface area (Å²) in [7, 11) is 0. The Labute approximate surface area is 150 Å². The van der Waals surface area contributed by atoms with Crippen LogP contribution >= 0.6 is 0 Å². The summed E-state index contributed by atoms with van der Waals surface area (Å²) in [5.74, 6) is -6.30. The van der Waals surface area contributed by atoms with Gasteiger partial charge in [0.2, 0.25) is 0 Å². The van der Waals surface area contributed by atoms with Gasteiger partial charge in [-0.1, -0.05) is 0 Å². The van der Waals surface area contributed by atoms with Gasteiger partial charge in [-0.3, -0.25) is 9.59 Å². The largest absolute Gasteiger partial charge is 0.508 e. The molecule has 0 bridgehead atoms. The van der Waals surface area contributed by atoms with Crippen LogP contribution in [0.15, 0.2) is 30.3 Å². The van der Waals surface area contributed by atoms with Gasteiger partial charge in [0.1, 0.15) is 11.5 Å². The van der Waals surface area contributed by atoms with Crippen LogP contribution in [-0.2, 0) is 11.2 Å². The zero-order valence-corrected chi connectivity index (χ0v) is 13.5. The van der Waals surface area contributed by atoms with E-state index in [2.05, 4.69) is 5.32 Å². The Morgan fingerprint density at radius 1 is 0.815 bits per heavy atom. The van der Waals surface area contributed by atoms with Crippen molar-refractivity contribution in [3.8, 4) is 11.5 Å². The fraction of sp³-hybridized carbons (Fsp3) is 0.0588. The minimum Gasteiger partial charge on any atom is -0.508 e. The number of benzene rings is 2. The maximum absolute atomic E-state index is 12.4. The first kappa shape index (κ1) is 19.2. The topological polar surface area (TPSA) is 181 Å². The van der Waals surface area contributed by atoms with E-state index in [-0.39, 0.29) is 11.3 Å². The number of carboxylic acids is 3. The number of rotatable bonds is 6. The molecule has 0 aliphatic heterocycles. The van der Waals surface area contributed by atoms with Crippen LogP contribution in [0.25, 0.3) is 0 Å². The van der Waals surface area contributed by atoms with Crippen molar-refractivity contribution in [2.45, 2.75) is 6.42 Å². The molecular formula is C17H13NO9. The first-order chi connectivity index (χ1) is 12.6. The van der Waals surface area contributed by atoms with Crippen molar-refractivity contribution in [2.75, 3.05) is 5.32 Å². The van der Waals surface area contributed by atoms with Crippen molar-refractivity contribution >= 4 is 29.5 Å². The molecule has 0 aliphatic rings. The average molecular weight is 375 g/mol. The number of anilines is 1. The first-order valence-electron chi connectivity index (χ1n) is 7.28. The lowest BCUT2D eigenvalue weighted by atomic mass is 10.0. The number of carboxylic acid groups (broad SMARTS) is 3. The number of carbonyl (C=O) groups excluding carboxylic acids is 1. The van der Waals surface area contributed by atoms with E-state index in [1.54, 1.807) is 0 Å². The van der Waals surface area contributed by atoms with Crippen LogP contribution in [-0.4, -0.2) is 49.3 Å². The van der Waals surface area contributed by atoms with Crippen molar-refractivity contribution < 1.29 is 44.7 Å². The van der Waals surface area contributed by atoms with E-state index in [4.69, 9.17) is 15.3 Å². The summed E-state index contributed by atoms with van der Waals surface area (Å²) < 4.78 is 0. The number of hydrogen-bond acceptors (Lipinski definition) is 6. The standard InChI is InChI=1S/C17H13NO9/c19-11-4-7(5-13(20)21)14(22)12(6-11)15(23)18-10-2-8(16(24)25)1-9(3-10)17(26)27/h1-4,6,19,22H,5H2,(H,18,23)(H,20,21)(H,24,25)(H,26,27). The third-order valence-corrected chi connectivity index (χ3v) is 3.44. The van der Waals surface area contributed by atoms with Crippen molar-refractivity contribution in [3.63, 3.8) is 0 Å². The fourth-order valence-corrected chi connectivity index (χ4v) is 2.29. The molecule has 2 aromatic carbocycles. The number of phenolic OH excluding ortho intramolecular Hbond substituents is 2. The lowest BCUT2D eigenvalue weighted by Gasteiger charge is -2.11. The minimum absolute atomic E-state index is 0.181. The van der Waals surface area contributed by atoms with E-state index < -0.39 is 58.4 Å². The summed E-state index contributed by atoms with van der Waals surface area (Å²) in [5, 5.41) is 48.8. The zero-order chi connectivity index (χ0) is 20.3. The van der Waals surface area contributed by atoms with E-state index in [0.29, 0.717) is 0 Å². The first-order valence-corrected chi connectivity index (χ1v) is 7.28. The fourth-order valence-electron chi connectivity index (χ4n) is 2.29. The van der Waals surface area contributed by atoms with Gasteiger partial charge < -0.3 is 30.8 Å². The highest BCUT2D eigenvalue weighted by Crippen LogP contribution is 2.29. The van der Waals surface area contributed by atoms with E-state index >= 15 is 0 Å². The summed E-state index contributed by atoms with van der Waals surface area (Å²) >= 11 is 0. The molecule has 0 spiro atoms. The van der Waals surface area contributed by atoms with Gasteiger partial charge in [-0.25, -0.2) is 9.59 Å². The molecule has 0 aromatic heterocycles. The molecule has 0 radical (unpaired) electrons. The van der Waals surface area contributed by atoms with Crippen LogP contribution in [0, 0.1) is 0 Å². The Bertz CT molecular complexity index is 933. The second-order valence-corrected chi connectivity index (χ2v) is 5.44. The van der Waals surface area contributed by atoms with Gasteiger partial charge in [-0.2, -0.15) is 0 Å². The van der Waals surface area contributed by atoms with Gasteiger partial charge in [0.15, 0.2) is 0 Å². The SMILES string of the molecule is O=C(O)Cc1cc(O)cc(C(=O)Nc2cc(C(=O)O)cc(C(=O)O)c2)c1O. The summed E-state index contributed by atoms with van der Waals surface area (Å²) in [4.78, 5) is 45.4. The van der Waals surface area contributed by atoms with Crippen LogP contribution in [0.3, 0.4) is 0 Å². The van der Waals surface area contributed by atoms with E-state index in [0.717, 1.165) is 30.3 Å². The Balaban J connectivity index is 2.43. The quantitative estimate of drug-likeness (QED) is 0.406. The predicted octanol–water partition coefficient (Wildman–Crippen LogP) is 1.37. The molecule has 27 heavy (non-hydrogen) atoms. The average Bonchev–Trinajstić information content (AvgIpc) is 2.56. The Kier molecular flexibility index (Phi) is 5.30. The molecule has 0 aliphatic carbocycles. The lowest BCUT2D eigenvalue weighted by molar-refractivity contribution is -0.136. The van der Waals surface area contributed by atoms with E-state index in [9.17, 15) is 29.4 Å². The highest BCUT2D eigenvalue weighted by atomic mass is 16.4. The van der Waals surface area contributed by atoms with Crippen molar-refractivity contribution in [2.24, 2.45) is 0 Å². The summed E-state index contributed by atoms with van der Waals surface area (Å²) in [6.07, 6.45) is -0.655. The van der Waals surface area contributed by atoms with E-state index in [1.807, 2.05) is 0 Å². The molecule has 0 unspecified atom stereocenters. The normalized spacial score (nSPS) is 10.2. The number of nitrogens with one attached hydrogen (secondary N) is 1. The summed E-state index contributed by atoms with van der Waals surface area (Å²) in [6.45, 7) is 0. The molecule has 10 heteroatoms. The van der Waals surface area contributed by atoms with Crippen LogP contribution in [0.4, 0.5) is 5.69 Å². The second-order valence-electron chi connectivity index (χ2n) is 5.44. The molecule has 2 rings (SSSR count). The number of aromatic hydroxyl groups is 2. The van der Waals surface area contributed by atoms with Gasteiger partial charge in [-0.15, -0.1) is 0 Å². The molecule has 0 atom stereocenters. The number of phenols is 2. The molecule has 0 saturated heterocycles. The third-order valence-electron chi connectivity index (χ3n) is 3.44.